The molecule has 50 heavy (non-hydrogen) atoms. The standard InChI is InChI=1S/C43H66N2O4S/c1-10-43(44-23-24-45-25-27-50(47,48)28-26-45)22-21-41(7)34(35(43)29-30(2)3)15-16-37-40(6)19-17-33(31-11-13-32(14-12-31)38(46)49-9)39(4,5)36(40)18-20-42(37,41)8/h11-14,17,34-37,44H,2,10,15-16,18-29H2,1,3-9H3/t34-,35-,36+,37-,40+,41-,42-,43+/m1/s1. The second-order valence-corrected chi connectivity index (χ2v) is 20.8. The number of carbonyl (C=O) groups is 1. The monoisotopic (exact) mass is 706 g/mol. The summed E-state index contributed by atoms with van der Waals surface area (Å²) in [6, 6.07) is 8.08. The lowest BCUT2D eigenvalue weighted by Gasteiger charge is -2.72. The van der Waals surface area contributed by atoms with Crippen LogP contribution in [0.5, 0.6) is 0 Å². The highest BCUT2D eigenvalue weighted by Gasteiger charge is 2.68. The van der Waals surface area contributed by atoms with Gasteiger partial charge in [-0.1, -0.05) is 65.3 Å². The highest BCUT2D eigenvalue weighted by atomic mass is 32.2. The van der Waals surface area contributed by atoms with E-state index in [4.69, 9.17) is 4.74 Å². The number of fused-ring (bicyclic) bond motifs is 5. The first kappa shape index (κ1) is 37.8. The SMILES string of the molecule is C=C(C)C[C@@H]1[C@H]2CC[C@@H]3[C@@]4(C)CC=C(c5ccc(C(=O)OC)cc5)C(C)(C)[C@@H]4CC[C@@]3(C)[C@]2(C)CC[C@]1(CC)NCCN1CCS(=O)(=O)CC1. The van der Waals surface area contributed by atoms with Crippen LogP contribution in [0.15, 0.2) is 42.5 Å². The lowest BCUT2D eigenvalue weighted by Crippen LogP contribution is -2.68. The zero-order valence-electron chi connectivity index (χ0n) is 32.5. The van der Waals surface area contributed by atoms with Crippen molar-refractivity contribution in [1.82, 2.24) is 10.2 Å². The summed E-state index contributed by atoms with van der Waals surface area (Å²) in [5.74, 6) is 2.79. The predicted molar refractivity (Wildman–Crippen MR) is 206 cm³/mol. The van der Waals surface area contributed by atoms with Gasteiger partial charge in [0.05, 0.1) is 24.2 Å². The Morgan fingerprint density at radius 2 is 1.64 bits per heavy atom. The third kappa shape index (κ3) is 6.17. The van der Waals surface area contributed by atoms with Gasteiger partial charge in [-0.05, 0) is 133 Å². The third-order valence-electron chi connectivity index (χ3n) is 16.0. The molecular formula is C43H66N2O4S. The molecule has 8 atom stereocenters. The van der Waals surface area contributed by atoms with E-state index in [1.54, 1.807) is 0 Å². The molecule has 0 radical (unpaired) electrons. The van der Waals surface area contributed by atoms with E-state index in [0.717, 1.165) is 32.4 Å². The second-order valence-electron chi connectivity index (χ2n) is 18.5. The van der Waals surface area contributed by atoms with E-state index in [-0.39, 0.29) is 33.2 Å². The fraction of sp³-hybridized carbons (Fsp3) is 0.744. The molecule has 0 bridgehead atoms. The van der Waals surface area contributed by atoms with Crippen LogP contribution in [-0.2, 0) is 14.6 Å². The molecular weight excluding hydrogens is 641 g/mol. The number of benzene rings is 1. The fourth-order valence-electron chi connectivity index (χ4n) is 13.1. The van der Waals surface area contributed by atoms with Gasteiger partial charge in [0.25, 0.3) is 0 Å². The normalized spacial score (nSPS) is 39.3. The van der Waals surface area contributed by atoms with Crippen LogP contribution in [0, 0.1) is 45.3 Å². The van der Waals surface area contributed by atoms with Crippen molar-refractivity contribution in [2.75, 3.05) is 44.8 Å². The highest BCUT2D eigenvalue weighted by Crippen LogP contribution is 2.75. The van der Waals surface area contributed by atoms with Crippen molar-refractivity contribution in [2.45, 2.75) is 112 Å². The first-order valence-corrected chi connectivity index (χ1v) is 21.5. The van der Waals surface area contributed by atoms with E-state index in [9.17, 15) is 13.2 Å². The molecule has 6 nitrogen and oxygen atoms in total. The zero-order chi connectivity index (χ0) is 36.3. The molecule has 3 saturated carbocycles. The number of nitrogens with one attached hydrogen (secondary N) is 1. The van der Waals surface area contributed by atoms with Gasteiger partial charge in [0.1, 0.15) is 0 Å². The molecule has 0 unspecified atom stereocenters. The molecule has 1 saturated heterocycles. The van der Waals surface area contributed by atoms with Crippen molar-refractivity contribution in [3.8, 4) is 0 Å². The molecule has 0 spiro atoms. The summed E-state index contributed by atoms with van der Waals surface area (Å²) in [6.45, 7) is 25.3. The number of hydrogen-bond donors (Lipinski definition) is 1. The molecule has 278 valence electrons. The largest absolute Gasteiger partial charge is 0.465 e. The van der Waals surface area contributed by atoms with Gasteiger partial charge in [-0.15, -0.1) is 6.58 Å². The minimum atomic E-state index is -2.86. The topological polar surface area (TPSA) is 75.7 Å². The Hall–Kier alpha value is -1.96. The minimum absolute atomic E-state index is 0.0355. The molecule has 4 aliphatic carbocycles. The number of nitrogens with zero attached hydrogens (tertiary/aromatic N) is 1. The van der Waals surface area contributed by atoms with Gasteiger partial charge in [0, 0.05) is 31.7 Å². The Labute approximate surface area is 304 Å². The van der Waals surface area contributed by atoms with Gasteiger partial charge in [-0.25, -0.2) is 13.2 Å². The van der Waals surface area contributed by atoms with E-state index >= 15 is 0 Å². The Balaban J connectivity index is 1.25. The molecule has 1 heterocycles. The number of hydrogen-bond acceptors (Lipinski definition) is 6. The van der Waals surface area contributed by atoms with Gasteiger partial charge < -0.3 is 15.0 Å². The first-order chi connectivity index (χ1) is 23.5. The maximum absolute atomic E-state index is 12.1. The number of sulfone groups is 1. The minimum Gasteiger partial charge on any atom is -0.465 e. The van der Waals surface area contributed by atoms with Gasteiger partial charge in [0.15, 0.2) is 9.84 Å². The van der Waals surface area contributed by atoms with Crippen LogP contribution >= 0.6 is 0 Å². The molecule has 7 heteroatoms. The maximum atomic E-state index is 12.1. The van der Waals surface area contributed by atoms with Crippen LogP contribution in [0.1, 0.15) is 122 Å². The molecule has 1 aliphatic heterocycles. The number of carbonyl (C=O) groups excluding carboxylic acids is 1. The van der Waals surface area contributed by atoms with Gasteiger partial charge in [-0.2, -0.15) is 0 Å². The van der Waals surface area contributed by atoms with Crippen molar-refractivity contribution < 1.29 is 17.9 Å². The molecule has 1 aromatic rings. The van der Waals surface area contributed by atoms with Crippen molar-refractivity contribution in [2.24, 2.45) is 45.3 Å². The molecule has 0 amide bonds. The van der Waals surface area contributed by atoms with Gasteiger partial charge in [-0.3, -0.25) is 0 Å². The summed E-state index contributed by atoms with van der Waals surface area (Å²) in [4.78, 5) is 14.5. The third-order valence-corrected chi connectivity index (χ3v) is 17.6. The van der Waals surface area contributed by atoms with E-state index in [1.807, 2.05) is 12.1 Å². The first-order valence-electron chi connectivity index (χ1n) is 19.7. The summed E-state index contributed by atoms with van der Waals surface area (Å²) in [5, 5.41) is 4.17. The van der Waals surface area contributed by atoms with Crippen LogP contribution in [0.4, 0.5) is 0 Å². The second kappa shape index (κ2) is 13.5. The van der Waals surface area contributed by atoms with Crippen LogP contribution in [0.3, 0.4) is 0 Å². The quantitative estimate of drug-likeness (QED) is 0.205. The lowest BCUT2D eigenvalue weighted by molar-refractivity contribution is -0.220. The molecule has 6 rings (SSSR count). The zero-order valence-corrected chi connectivity index (χ0v) is 33.3. The van der Waals surface area contributed by atoms with Crippen molar-refractivity contribution in [3.05, 3.63) is 53.6 Å². The van der Waals surface area contributed by atoms with Crippen molar-refractivity contribution in [3.63, 3.8) is 0 Å². The van der Waals surface area contributed by atoms with Gasteiger partial charge >= 0.3 is 5.97 Å². The average molecular weight is 707 g/mol. The summed E-state index contributed by atoms with van der Waals surface area (Å²) in [6.07, 6.45) is 13.5. The Morgan fingerprint density at radius 1 is 0.960 bits per heavy atom. The van der Waals surface area contributed by atoms with Crippen LogP contribution < -0.4 is 5.32 Å². The summed E-state index contributed by atoms with van der Waals surface area (Å²) < 4.78 is 29.0. The Kier molecular flexibility index (Phi) is 10.2. The van der Waals surface area contributed by atoms with E-state index in [2.05, 4.69) is 83.5 Å². The Morgan fingerprint density at radius 3 is 2.26 bits per heavy atom. The van der Waals surface area contributed by atoms with E-state index < -0.39 is 9.84 Å². The molecule has 1 N–H and O–H groups in total. The number of ether oxygens (including phenoxy) is 1. The summed E-state index contributed by atoms with van der Waals surface area (Å²) in [7, 11) is -1.42. The van der Waals surface area contributed by atoms with E-state index in [1.165, 1.54) is 62.3 Å². The number of esters is 1. The number of methoxy groups -OCH3 is 1. The summed E-state index contributed by atoms with van der Waals surface area (Å²) >= 11 is 0. The highest BCUT2D eigenvalue weighted by molar-refractivity contribution is 7.91. The molecule has 5 aliphatic rings. The van der Waals surface area contributed by atoms with Crippen LogP contribution in [-0.4, -0.2) is 69.6 Å². The number of rotatable bonds is 9. The number of allylic oxidation sites excluding steroid dienone is 3. The van der Waals surface area contributed by atoms with Gasteiger partial charge in [0.2, 0.25) is 0 Å². The molecule has 4 fully saturated rings. The Bertz CT molecular complexity index is 1580. The fourth-order valence-corrected chi connectivity index (χ4v) is 14.4. The maximum Gasteiger partial charge on any atom is 0.337 e. The summed E-state index contributed by atoms with van der Waals surface area (Å²) in [5.41, 5.74) is 5.48. The smallest absolute Gasteiger partial charge is 0.337 e. The molecule has 1 aromatic carbocycles. The lowest BCUT2D eigenvalue weighted by atomic mass is 9.32. The van der Waals surface area contributed by atoms with Crippen LogP contribution in [0.2, 0.25) is 0 Å². The molecule has 0 aromatic heterocycles. The van der Waals surface area contributed by atoms with E-state index in [0.29, 0.717) is 53.8 Å². The van der Waals surface area contributed by atoms with Crippen molar-refractivity contribution >= 4 is 21.4 Å². The van der Waals surface area contributed by atoms with Crippen LogP contribution in [0.25, 0.3) is 5.57 Å². The predicted octanol–water partition coefficient (Wildman–Crippen LogP) is 8.59. The average Bonchev–Trinajstić information content (AvgIpc) is 3.06. The van der Waals surface area contributed by atoms with Crippen molar-refractivity contribution in [1.29, 1.82) is 0 Å².